The Morgan fingerprint density at radius 3 is 2.15 bits per heavy atom. The van der Waals surface area contributed by atoms with E-state index >= 15 is 0 Å². The lowest BCUT2D eigenvalue weighted by Gasteiger charge is -2.30. The van der Waals surface area contributed by atoms with Crippen molar-refractivity contribution in [2.45, 2.75) is 0 Å². The third-order valence-corrected chi connectivity index (χ3v) is 4.62. The number of hydrogen-bond acceptors (Lipinski definition) is 5. The number of anilines is 2. The maximum Gasteiger partial charge on any atom is 0.337 e. The molecule has 7 nitrogen and oxygen atoms in total. The molecule has 0 saturated carbocycles. The van der Waals surface area contributed by atoms with Gasteiger partial charge in [-0.05, 0) is 30.3 Å². The Kier molecular flexibility index (Phi) is 3.93. The van der Waals surface area contributed by atoms with E-state index in [0.29, 0.717) is 26.3 Å². The lowest BCUT2D eigenvalue weighted by atomic mass is 10.1. The molecule has 132 valence electrons. The summed E-state index contributed by atoms with van der Waals surface area (Å²) in [5.41, 5.74) is 1.32. The second kappa shape index (κ2) is 6.27. The minimum atomic E-state index is -1.19. The molecule has 1 N–H and O–H groups in total. The van der Waals surface area contributed by atoms with Gasteiger partial charge in [-0.25, -0.2) is 9.69 Å². The molecule has 0 atom stereocenters. The van der Waals surface area contributed by atoms with Crippen LogP contribution in [0.2, 0.25) is 0 Å². The first-order chi connectivity index (χ1) is 12.6. The summed E-state index contributed by atoms with van der Waals surface area (Å²) in [6.07, 6.45) is 0. The second-order valence-electron chi connectivity index (χ2n) is 6.10. The van der Waals surface area contributed by atoms with Gasteiger partial charge in [-0.1, -0.05) is 12.1 Å². The molecule has 0 spiro atoms. The van der Waals surface area contributed by atoms with Gasteiger partial charge < -0.3 is 14.7 Å². The molecule has 0 aliphatic carbocycles. The van der Waals surface area contributed by atoms with Crippen molar-refractivity contribution in [3.05, 3.63) is 59.2 Å². The van der Waals surface area contributed by atoms with Gasteiger partial charge in [0.25, 0.3) is 11.8 Å². The zero-order valence-electron chi connectivity index (χ0n) is 13.8. The Labute approximate surface area is 149 Å². The van der Waals surface area contributed by atoms with Crippen molar-refractivity contribution >= 4 is 29.2 Å². The Bertz CT molecular complexity index is 883. The van der Waals surface area contributed by atoms with Gasteiger partial charge in [-0.15, -0.1) is 0 Å². The van der Waals surface area contributed by atoms with E-state index in [2.05, 4.69) is 0 Å². The van der Waals surface area contributed by atoms with E-state index in [0.717, 1.165) is 10.6 Å². The van der Waals surface area contributed by atoms with E-state index in [1.165, 1.54) is 6.07 Å². The molecule has 2 aromatic rings. The van der Waals surface area contributed by atoms with Crippen LogP contribution < -0.4 is 9.80 Å². The molecule has 0 unspecified atom stereocenters. The normalized spacial score (nSPS) is 16.8. The number of ether oxygens (including phenoxy) is 1. The number of carbonyl (C=O) groups is 3. The van der Waals surface area contributed by atoms with E-state index in [1.807, 2.05) is 4.90 Å². The van der Waals surface area contributed by atoms with Crippen LogP contribution in [0.3, 0.4) is 0 Å². The smallest absolute Gasteiger partial charge is 0.337 e. The zero-order valence-corrected chi connectivity index (χ0v) is 13.8. The van der Waals surface area contributed by atoms with Gasteiger partial charge in [0.05, 0.1) is 35.6 Å². The number of imide groups is 1. The number of fused-ring (bicyclic) bond motifs is 1. The zero-order chi connectivity index (χ0) is 18.3. The van der Waals surface area contributed by atoms with Crippen molar-refractivity contribution in [1.29, 1.82) is 0 Å². The standard InChI is InChI=1S/C19H16N2O5/c22-17-13-3-1-2-4-14(13)18(23)21(17)16-11-12(5-6-15(16)19(24)25)20-7-9-26-10-8-20/h1-6,11H,7-10H2,(H,24,25). The molecule has 7 heteroatoms. The van der Waals surface area contributed by atoms with Crippen molar-refractivity contribution in [2.24, 2.45) is 0 Å². The van der Waals surface area contributed by atoms with Gasteiger partial charge in [0.1, 0.15) is 0 Å². The van der Waals surface area contributed by atoms with Gasteiger partial charge in [0.2, 0.25) is 0 Å². The highest BCUT2D eigenvalue weighted by Gasteiger charge is 2.38. The Balaban J connectivity index is 1.81. The summed E-state index contributed by atoms with van der Waals surface area (Å²) in [4.78, 5) is 40.2. The number of rotatable bonds is 3. The fourth-order valence-corrected chi connectivity index (χ4v) is 3.31. The summed E-state index contributed by atoms with van der Waals surface area (Å²) in [7, 11) is 0. The summed E-state index contributed by atoms with van der Waals surface area (Å²) in [5.74, 6) is -2.20. The predicted molar refractivity (Wildman–Crippen MR) is 94.0 cm³/mol. The molecular weight excluding hydrogens is 336 g/mol. The molecule has 26 heavy (non-hydrogen) atoms. The number of carboxylic acids is 1. The number of aromatic carboxylic acids is 1. The lowest BCUT2D eigenvalue weighted by Crippen LogP contribution is -2.37. The highest BCUT2D eigenvalue weighted by molar-refractivity contribution is 6.35. The Hall–Kier alpha value is -3.19. The molecule has 2 heterocycles. The monoisotopic (exact) mass is 352 g/mol. The first kappa shape index (κ1) is 16.3. The van der Waals surface area contributed by atoms with Gasteiger partial charge in [0, 0.05) is 18.8 Å². The summed E-state index contributed by atoms with van der Waals surface area (Å²) >= 11 is 0. The van der Waals surface area contributed by atoms with Gasteiger partial charge in [-0.3, -0.25) is 9.59 Å². The molecule has 2 aromatic carbocycles. The van der Waals surface area contributed by atoms with Crippen molar-refractivity contribution < 1.29 is 24.2 Å². The van der Waals surface area contributed by atoms with Crippen LogP contribution in [0, 0.1) is 0 Å². The molecule has 1 fully saturated rings. The largest absolute Gasteiger partial charge is 0.478 e. The van der Waals surface area contributed by atoms with Gasteiger partial charge >= 0.3 is 5.97 Å². The molecular formula is C19H16N2O5. The van der Waals surface area contributed by atoms with Crippen LogP contribution in [0.15, 0.2) is 42.5 Å². The SMILES string of the molecule is O=C(O)c1ccc(N2CCOCC2)cc1N1C(=O)c2ccccc2C1=O. The summed E-state index contributed by atoms with van der Waals surface area (Å²) < 4.78 is 5.34. The Morgan fingerprint density at radius 1 is 0.962 bits per heavy atom. The highest BCUT2D eigenvalue weighted by Crippen LogP contribution is 2.33. The molecule has 1 saturated heterocycles. The number of amides is 2. The topological polar surface area (TPSA) is 87.2 Å². The molecule has 4 rings (SSSR count). The third-order valence-electron chi connectivity index (χ3n) is 4.62. The van der Waals surface area contributed by atoms with E-state index in [9.17, 15) is 19.5 Å². The van der Waals surface area contributed by atoms with Crippen molar-refractivity contribution in [3.8, 4) is 0 Å². The number of nitrogens with zero attached hydrogens (tertiary/aromatic N) is 2. The van der Waals surface area contributed by atoms with Crippen LogP contribution >= 0.6 is 0 Å². The van der Waals surface area contributed by atoms with Gasteiger partial charge in [-0.2, -0.15) is 0 Å². The average molecular weight is 352 g/mol. The van der Waals surface area contributed by atoms with E-state index < -0.39 is 17.8 Å². The van der Waals surface area contributed by atoms with Crippen LogP contribution in [0.1, 0.15) is 31.1 Å². The summed E-state index contributed by atoms with van der Waals surface area (Å²) in [5, 5.41) is 9.53. The quantitative estimate of drug-likeness (QED) is 0.851. The fraction of sp³-hybridized carbons (Fsp3) is 0.211. The molecule has 0 aromatic heterocycles. The molecule has 0 bridgehead atoms. The maximum atomic E-state index is 12.7. The third kappa shape index (κ3) is 2.53. The average Bonchev–Trinajstić information content (AvgIpc) is 2.93. The highest BCUT2D eigenvalue weighted by atomic mass is 16.5. The van der Waals surface area contributed by atoms with E-state index in [1.54, 1.807) is 36.4 Å². The Morgan fingerprint density at radius 2 is 1.58 bits per heavy atom. The van der Waals surface area contributed by atoms with E-state index in [4.69, 9.17) is 4.74 Å². The van der Waals surface area contributed by atoms with Crippen molar-refractivity contribution in [2.75, 3.05) is 36.1 Å². The van der Waals surface area contributed by atoms with Crippen LogP contribution in [0.25, 0.3) is 0 Å². The number of carbonyl (C=O) groups excluding carboxylic acids is 2. The van der Waals surface area contributed by atoms with Crippen LogP contribution in [0.4, 0.5) is 11.4 Å². The van der Waals surface area contributed by atoms with Crippen LogP contribution in [-0.2, 0) is 4.74 Å². The maximum absolute atomic E-state index is 12.7. The predicted octanol–water partition coefficient (Wildman–Crippen LogP) is 2.02. The van der Waals surface area contributed by atoms with Crippen molar-refractivity contribution in [1.82, 2.24) is 0 Å². The molecule has 2 aliphatic heterocycles. The first-order valence-electron chi connectivity index (χ1n) is 8.26. The summed E-state index contributed by atoms with van der Waals surface area (Å²) in [6, 6.07) is 11.2. The van der Waals surface area contributed by atoms with Crippen LogP contribution in [0.5, 0.6) is 0 Å². The molecule has 0 radical (unpaired) electrons. The van der Waals surface area contributed by atoms with Crippen LogP contribution in [-0.4, -0.2) is 49.2 Å². The van der Waals surface area contributed by atoms with Crippen molar-refractivity contribution in [3.63, 3.8) is 0 Å². The molecule has 2 aliphatic rings. The molecule has 2 amide bonds. The second-order valence-corrected chi connectivity index (χ2v) is 6.10. The van der Waals surface area contributed by atoms with E-state index in [-0.39, 0.29) is 22.4 Å². The number of hydrogen-bond donors (Lipinski definition) is 1. The summed E-state index contributed by atoms with van der Waals surface area (Å²) in [6.45, 7) is 2.47. The fourth-order valence-electron chi connectivity index (χ4n) is 3.31. The minimum absolute atomic E-state index is 0.0866. The lowest BCUT2D eigenvalue weighted by molar-refractivity contribution is 0.0698. The number of carboxylic acid groups (broad SMARTS) is 1. The number of morpholine rings is 1. The first-order valence-corrected chi connectivity index (χ1v) is 8.26. The minimum Gasteiger partial charge on any atom is -0.478 e. The van der Waals surface area contributed by atoms with Gasteiger partial charge in [0.15, 0.2) is 0 Å². The number of benzene rings is 2.